The highest BCUT2D eigenvalue weighted by Gasteiger charge is 2.45. The Morgan fingerprint density at radius 1 is 0.862 bits per heavy atom. The molecule has 2 fully saturated rings. The zero-order valence-corrected chi connectivity index (χ0v) is 17.7. The lowest BCUT2D eigenvalue weighted by molar-refractivity contribution is -0.144. The highest BCUT2D eigenvalue weighted by Crippen LogP contribution is 2.23. The largest absolute Gasteiger partial charge is 0.335 e. The van der Waals surface area contributed by atoms with Crippen molar-refractivity contribution in [2.24, 2.45) is 0 Å². The van der Waals surface area contributed by atoms with E-state index in [9.17, 15) is 22.8 Å². The number of piperazine rings is 1. The van der Waals surface area contributed by atoms with Gasteiger partial charge in [0.25, 0.3) is 10.0 Å². The molecule has 4 heterocycles. The zero-order chi connectivity index (χ0) is 20.6. The molecule has 0 aliphatic carbocycles. The molecule has 0 saturated carbocycles. The van der Waals surface area contributed by atoms with Crippen molar-refractivity contribution in [3.8, 4) is 0 Å². The van der Waals surface area contributed by atoms with Gasteiger partial charge >= 0.3 is 17.8 Å². The quantitative estimate of drug-likeness (QED) is 0.478. The number of sulfonamides is 1. The molecule has 4 amide bonds. The standard InChI is InChI=1S/C17H18N4O5S3/c22-15-16(23)21(17(24)20(15)11-13-3-1-9-27-13)12-18-5-7-19(8-6-18)29(25,26)14-4-2-10-28-14/h1-4,9-10H,5-8,11-12H2. The minimum Gasteiger partial charge on any atom is -0.283 e. The Labute approximate surface area is 175 Å². The number of amides is 4. The van der Waals surface area contributed by atoms with E-state index >= 15 is 0 Å². The molecule has 2 aliphatic rings. The molecule has 0 N–H and O–H groups in total. The molecule has 0 radical (unpaired) electrons. The molecule has 2 aromatic rings. The summed E-state index contributed by atoms with van der Waals surface area (Å²) < 4.78 is 26.9. The summed E-state index contributed by atoms with van der Waals surface area (Å²) in [6.07, 6.45) is 0. The molecule has 0 unspecified atom stereocenters. The summed E-state index contributed by atoms with van der Waals surface area (Å²) in [5.41, 5.74) is 0. The van der Waals surface area contributed by atoms with E-state index in [1.807, 2.05) is 11.4 Å². The van der Waals surface area contributed by atoms with Crippen LogP contribution < -0.4 is 0 Å². The first-order valence-corrected chi connectivity index (χ1v) is 12.0. The molecule has 0 bridgehead atoms. The summed E-state index contributed by atoms with van der Waals surface area (Å²) >= 11 is 2.58. The number of carbonyl (C=O) groups excluding carboxylic acids is 3. The number of nitrogens with zero attached hydrogens (tertiary/aromatic N) is 4. The van der Waals surface area contributed by atoms with Crippen LogP contribution in [0.2, 0.25) is 0 Å². The maximum absolute atomic E-state index is 12.6. The number of carbonyl (C=O) groups is 3. The molecular weight excluding hydrogens is 436 g/mol. The lowest BCUT2D eigenvalue weighted by Gasteiger charge is -2.34. The first kappa shape index (κ1) is 20.2. The fourth-order valence-corrected chi connectivity index (χ4v) is 6.48. The Morgan fingerprint density at radius 2 is 1.52 bits per heavy atom. The van der Waals surface area contributed by atoms with Crippen molar-refractivity contribution in [3.63, 3.8) is 0 Å². The molecule has 0 aromatic carbocycles. The second-order valence-corrected chi connectivity index (χ2v) is 10.7. The maximum Gasteiger partial charge on any atom is 0.335 e. The van der Waals surface area contributed by atoms with Crippen molar-refractivity contribution in [2.45, 2.75) is 10.8 Å². The number of hydrogen-bond donors (Lipinski definition) is 0. The molecule has 0 atom stereocenters. The van der Waals surface area contributed by atoms with Crippen molar-refractivity contribution < 1.29 is 22.8 Å². The number of rotatable bonds is 6. The average molecular weight is 455 g/mol. The Balaban J connectivity index is 1.37. The van der Waals surface area contributed by atoms with Gasteiger partial charge in [-0.15, -0.1) is 22.7 Å². The second-order valence-electron chi connectivity index (χ2n) is 6.58. The lowest BCUT2D eigenvalue weighted by atomic mass is 10.4. The second kappa shape index (κ2) is 7.95. The maximum atomic E-state index is 12.6. The monoisotopic (exact) mass is 454 g/mol. The van der Waals surface area contributed by atoms with Gasteiger partial charge in [0.1, 0.15) is 4.21 Å². The van der Waals surface area contributed by atoms with Crippen LogP contribution in [0.3, 0.4) is 0 Å². The van der Waals surface area contributed by atoms with E-state index in [1.165, 1.54) is 27.0 Å². The van der Waals surface area contributed by atoms with E-state index in [2.05, 4.69) is 0 Å². The number of thiophene rings is 2. The number of imide groups is 2. The first-order chi connectivity index (χ1) is 13.9. The van der Waals surface area contributed by atoms with Crippen LogP contribution in [-0.2, 0) is 26.2 Å². The van der Waals surface area contributed by atoms with Crippen LogP contribution in [0, 0.1) is 0 Å². The predicted octanol–water partition coefficient (Wildman–Crippen LogP) is 1.06. The van der Waals surface area contributed by atoms with Gasteiger partial charge in [-0.05, 0) is 22.9 Å². The van der Waals surface area contributed by atoms with Gasteiger partial charge in [0, 0.05) is 31.1 Å². The van der Waals surface area contributed by atoms with Crippen LogP contribution >= 0.6 is 22.7 Å². The van der Waals surface area contributed by atoms with E-state index in [4.69, 9.17) is 0 Å². The van der Waals surface area contributed by atoms with Crippen LogP contribution in [-0.4, -0.2) is 78.1 Å². The Morgan fingerprint density at radius 3 is 2.14 bits per heavy atom. The van der Waals surface area contributed by atoms with Crippen molar-refractivity contribution >= 4 is 50.5 Å². The van der Waals surface area contributed by atoms with Crippen LogP contribution in [0.25, 0.3) is 0 Å². The van der Waals surface area contributed by atoms with E-state index < -0.39 is 27.9 Å². The fourth-order valence-electron chi connectivity index (χ4n) is 3.22. The fraction of sp³-hybridized carbons (Fsp3) is 0.353. The smallest absolute Gasteiger partial charge is 0.283 e. The Bertz CT molecular complexity index is 1010. The number of hydrogen-bond acceptors (Lipinski definition) is 8. The Hall–Kier alpha value is -2.12. The summed E-state index contributed by atoms with van der Waals surface area (Å²) in [6, 6.07) is 6.24. The summed E-state index contributed by atoms with van der Waals surface area (Å²) in [6.45, 7) is 1.27. The predicted molar refractivity (Wildman–Crippen MR) is 107 cm³/mol. The summed E-state index contributed by atoms with van der Waals surface area (Å²) in [5.74, 6) is -1.68. The van der Waals surface area contributed by atoms with Gasteiger partial charge in [-0.1, -0.05) is 12.1 Å². The molecule has 2 aromatic heterocycles. The molecule has 154 valence electrons. The van der Waals surface area contributed by atoms with E-state index in [1.54, 1.807) is 28.5 Å². The third-order valence-corrected chi connectivity index (χ3v) is 8.92. The summed E-state index contributed by atoms with van der Waals surface area (Å²) in [5, 5.41) is 3.55. The van der Waals surface area contributed by atoms with Gasteiger partial charge in [-0.25, -0.2) is 18.1 Å². The van der Waals surface area contributed by atoms with Gasteiger partial charge in [-0.2, -0.15) is 4.31 Å². The van der Waals surface area contributed by atoms with Crippen molar-refractivity contribution in [1.82, 2.24) is 19.0 Å². The van der Waals surface area contributed by atoms with Gasteiger partial charge in [0.2, 0.25) is 0 Å². The highest BCUT2D eigenvalue weighted by molar-refractivity contribution is 7.91. The highest BCUT2D eigenvalue weighted by atomic mass is 32.2. The summed E-state index contributed by atoms with van der Waals surface area (Å²) in [7, 11) is -3.52. The molecule has 2 aliphatic heterocycles. The SMILES string of the molecule is O=C1C(=O)N(CN2CCN(S(=O)(=O)c3cccs3)CC2)C(=O)N1Cc1cccs1. The molecule has 29 heavy (non-hydrogen) atoms. The van der Waals surface area contributed by atoms with Gasteiger partial charge in [0.05, 0.1) is 13.2 Å². The van der Waals surface area contributed by atoms with Gasteiger partial charge in [0.15, 0.2) is 0 Å². The topological polar surface area (TPSA) is 98.3 Å². The molecule has 4 rings (SSSR count). The molecule has 2 saturated heterocycles. The summed E-state index contributed by atoms with van der Waals surface area (Å²) in [4.78, 5) is 41.6. The van der Waals surface area contributed by atoms with Crippen LogP contribution in [0.15, 0.2) is 39.2 Å². The van der Waals surface area contributed by atoms with E-state index in [0.717, 1.165) is 14.7 Å². The third-order valence-electron chi connectivity index (χ3n) is 4.79. The van der Waals surface area contributed by atoms with Crippen molar-refractivity contribution in [1.29, 1.82) is 0 Å². The van der Waals surface area contributed by atoms with Crippen LogP contribution in [0.5, 0.6) is 0 Å². The van der Waals surface area contributed by atoms with E-state index in [-0.39, 0.29) is 26.3 Å². The Kier molecular flexibility index (Phi) is 5.53. The molecule has 9 nitrogen and oxygen atoms in total. The normalized spacial score (nSPS) is 19.5. The van der Waals surface area contributed by atoms with Crippen LogP contribution in [0.4, 0.5) is 4.79 Å². The van der Waals surface area contributed by atoms with Crippen molar-refractivity contribution in [2.75, 3.05) is 32.8 Å². The number of urea groups is 1. The molecular formula is C17H18N4O5S3. The lowest BCUT2D eigenvalue weighted by Crippen LogP contribution is -2.52. The van der Waals surface area contributed by atoms with Gasteiger partial charge < -0.3 is 0 Å². The minimum atomic E-state index is -3.52. The first-order valence-electron chi connectivity index (χ1n) is 8.83. The van der Waals surface area contributed by atoms with Crippen molar-refractivity contribution in [3.05, 3.63) is 39.9 Å². The molecule has 0 spiro atoms. The van der Waals surface area contributed by atoms with E-state index in [0.29, 0.717) is 17.3 Å². The average Bonchev–Trinajstić information content (AvgIpc) is 3.46. The van der Waals surface area contributed by atoms with Gasteiger partial charge in [-0.3, -0.25) is 19.4 Å². The minimum absolute atomic E-state index is 0.0305. The zero-order valence-electron chi connectivity index (χ0n) is 15.3. The third kappa shape index (κ3) is 3.85. The van der Waals surface area contributed by atoms with Crippen LogP contribution in [0.1, 0.15) is 4.88 Å². The molecule has 12 heteroatoms.